The molecular formula is C16H37N2O4P. The van der Waals surface area contributed by atoms with Crippen molar-refractivity contribution in [3.05, 3.63) is 0 Å². The lowest BCUT2D eigenvalue weighted by Crippen LogP contribution is -2.13. The lowest BCUT2D eigenvalue weighted by Gasteiger charge is -2.17. The number of nitrogens with two attached hydrogens (primary N) is 2. The predicted molar refractivity (Wildman–Crippen MR) is 95.4 cm³/mol. The van der Waals surface area contributed by atoms with Crippen molar-refractivity contribution in [2.24, 2.45) is 11.5 Å². The van der Waals surface area contributed by atoms with Gasteiger partial charge in [-0.3, -0.25) is 13.6 Å². The van der Waals surface area contributed by atoms with Gasteiger partial charge in [0.1, 0.15) is 0 Å². The average Bonchev–Trinajstić information content (AvgIpc) is 2.56. The van der Waals surface area contributed by atoms with Gasteiger partial charge in [-0.05, 0) is 6.42 Å². The highest BCUT2D eigenvalue weighted by Gasteiger charge is 2.25. The van der Waals surface area contributed by atoms with E-state index in [0.29, 0.717) is 6.61 Å². The van der Waals surface area contributed by atoms with Crippen molar-refractivity contribution >= 4 is 7.82 Å². The third-order valence-corrected chi connectivity index (χ3v) is 4.98. The first kappa shape index (κ1) is 23.0. The second kappa shape index (κ2) is 16.9. The summed E-state index contributed by atoms with van der Waals surface area (Å²) < 4.78 is 27.7. The van der Waals surface area contributed by atoms with Gasteiger partial charge in [-0.2, -0.15) is 0 Å². The van der Waals surface area contributed by atoms with Crippen LogP contribution in [-0.4, -0.2) is 32.9 Å². The molecule has 0 amide bonds. The Morgan fingerprint density at radius 2 is 1.04 bits per heavy atom. The lowest BCUT2D eigenvalue weighted by molar-refractivity contribution is 0.116. The Labute approximate surface area is 142 Å². The van der Waals surface area contributed by atoms with E-state index >= 15 is 0 Å². The highest BCUT2D eigenvalue weighted by atomic mass is 31.2. The molecule has 6 nitrogen and oxygen atoms in total. The Morgan fingerprint density at radius 1 is 0.652 bits per heavy atom. The van der Waals surface area contributed by atoms with Crippen LogP contribution in [0.1, 0.15) is 71.1 Å². The maximum absolute atomic E-state index is 12.2. The van der Waals surface area contributed by atoms with E-state index in [4.69, 9.17) is 25.0 Å². The van der Waals surface area contributed by atoms with Crippen molar-refractivity contribution in [1.29, 1.82) is 0 Å². The molecular weight excluding hydrogens is 315 g/mol. The summed E-state index contributed by atoms with van der Waals surface area (Å²) in [4.78, 5) is 0. The third kappa shape index (κ3) is 15.3. The molecule has 0 heterocycles. The van der Waals surface area contributed by atoms with Gasteiger partial charge >= 0.3 is 7.82 Å². The van der Waals surface area contributed by atoms with Crippen LogP contribution in [0.15, 0.2) is 0 Å². The summed E-state index contributed by atoms with van der Waals surface area (Å²) >= 11 is 0. The average molecular weight is 352 g/mol. The molecule has 0 aromatic heterocycles. The first-order chi connectivity index (χ1) is 11.2. The van der Waals surface area contributed by atoms with Crippen LogP contribution < -0.4 is 11.5 Å². The molecule has 0 aliphatic carbocycles. The Bertz CT molecular complexity index is 281. The Morgan fingerprint density at radius 3 is 1.48 bits per heavy atom. The van der Waals surface area contributed by atoms with E-state index in [1.807, 2.05) is 0 Å². The summed E-state index contributed by atoms with van der Waals surface area (Å²) in [5.41, 5.74) is 10.7. The smallest absolute Gasteiger partial charge is 0.328 e. The monoisotopic (exact) mass is 352 g/mol. The van der Waals surface area contributed by atoms with E-state index in [0.717, 1.165) is 12.8 Å². The van der Waals surface area contributed by atoms with Gasteiger partial charge in [0.05, 0.1) is 19.8 Å². The highest BCUT2D eigenvalue weighted by Crippen LogP contribution is 2.49. The van der Waals surface area contributed by atoms with Crippen LogP contribution >= 0.6 is 7.82 Å². The fourth-order valence-corrected chi connectivity index (χ4v) is 3.44. The summed E-state index contributed by atoms with van der Waals surface area (Å²) in [5.74, 6) is 0. The zero-order chi connectivity index (χ0) is 17.2. The molecule has 0 saturated heterocycles. The van der Waals surface area contributed by atoms with Crippen LogP contribution in [0, 0.1) is 0 Å². The van der Waals surface area contributed by atoms with Gasteiger partial charge in [0.2, 0.25) is 0 Å². The highest BCUT2D eigenvalue weighted by molar-refractivity contribution is 7.48. The van der Waals surface area contributed by atoms with Crippen LogP contribution in [0.3, 0.4) is 0 Å². The SMILES string of the molecule is CCCCCCCCCCCCOP(=O)(OCCN)OCCN. The van der Waals surface area contributed by atoms with Crippen LogP contribution in [0.5, 0.6) is 0 Å². The minimum atomic E-state index is -3.49. The number of phosphoric ester groups is 1. The quantitative estimate of drug-likeness (QED) is 0.286. The van der Waals surface area contributed by atoms with Crippen LogP contribution in [0.4, 0.5) is 0 Å². The molecule has 4 N–H and O–H groups in total. The van der Waals surface area contributed by atoms with E-state index < -0.39 is 7.82 Å². The topological polar surface area (TPSA) is 96.8 Å². The van der Waals surface area contributed by atoms with Crippen molar-refractivity contribution in [3.8, 4) is 0 Å². The Hall–Kier alpha value is 0.0300. The van der Waals surface area contributed by atoms with Gasteiger partial charge < -0.3 is 11.5 Å². The standard InChI is InChI=1S/C16H37N2O4P/c1-2-3-4-5-6-7-8-9-10-11-14-20-23(19,21-15-12-17)22-16-13-18/h2-18H2,1H3. The largest absolute Gasteiger partial charge is 0.474 e. The Kier molecular flexibility index (Phi) is 16.9. The first-order valence-corrected chi connectivity index (χ1v) is 10.6. The molecule has 0 aliphatic heterocycles. The van der Waals surface area contributed by atoms with Crippen LogP contribution in [0.2, 0.25) is 0 Å². The van der Waals surface area contributed by atoms with Crippen LogP contribution in [0.25, 0.3) is 0 Å². The molecule has 0 rings (SSSR count). The first-order valence-electron chi connectivity index (χ1n) is 9.12. The third-order valence-electron chi connectivity index (χ3n) is 3.48. The zero-order valence-electron chi connectivity index (χ0n) is 14.8. The molecule has 0 fully saturated rings. The number of phosphoric acid groups is 1. The molecule has 0 aromatic carbocycles. The maximum atomic E-state index is 12.2. The number of hydrogen-bond donors (Lipinski definition) is 2. The molecule has 23 heavy (non-hydrogen) atoms. The second-order valence-corrected chi connectivity index (χ2v) is 7.38. The molecule has 140 valence electrons. The molecule has 0 bridgehead atoms. The molecule has 0 atom stereocenters. The van der Waals surface area contributed by atoms with Crippen molar-refractivity contribution in [2.75, 3.05) is 32.9 Å². The van der Waals surface area contributed by atoms with Crippen molar-refractivity contribution in [3.63, 3.8) is 0 Å². The van der Waals surface area contributed by atoms with Gasteiger partial charge in [-0.15, -0.1) is 0 Å². The number of rotatable bonds is 18. The van der Waals surface area contributed by atoms with Crippen molar-refractivity contribution in [2.45, 2.75) is 71.1 Å². The van der Waals surface area contributed by atoms with E-state index in [1.165, 1.54) is 51.4 Å². The van der Waals surface area contributed by atoms with E-state index in [2.05, 4.69) is 6.92 Å². The summed E-state index contributed by atoms with van der Waals surface area (Å²) in [6, 6.07) is 0. The normalized spacial score (nSPS) is 12.0. The minimum Gasteiger partial charge on any atom is -0.328 e. The summed E-state index contributed by atoms with van der Waals surface area (Å²) in [6.45, 7) is 3.47. The maximum Gasteiger partial charge on any atom is 0.474 e. The van der Waals surface area contributed by atoms with Gasteiger partial charge in [-0.25, -0.2) is 4.57 Å². The molecule has 0 radical (unpaired) electrons. The molecule has 0 saturated carbocycles. The number of hydrogen-bond acceptors (Lipinski definition) is 6. The number of unbranched alkanes of at least 4 members (excludes halogenated alkanes) is 9. The van der Waals surface area contributed by atoms with E-state index in [9.17, 15) is 4.57 Å². The van der Waals surface area contributed by atoms with Crippen molar-refractivity contribution < 1.29 is 18.1 Å². The van der Waals surface area contributed by atoms with Gasteiger partial charge in [0.15, 0.2) is 0 Å². The van der Waals surface area contributed by atoms with Gasteiger partial charge in [0.25, 0.3) is 0 Å². The van der Waals surface area contributed by atoms with Gasteiger partial charge in [-0.1, -0.05) is 64.7 Å². The molecule has 0 aliphatic rings. The molecule has 7 heteroatoms. The minimum absolute atomic E-state index is 0.153. The van der Waals surface area contributed by atoms with E-state index in [-0.39, 0.29) is 26.3 Å². The van der Waals surface area contributed by atoms with Gasteiger partial charge in [0, 0.05) is 13.1 Å². The van der Waals surface area contributed by atoms with Crippen molar-refractivity contribution in [1.82, 2.24) is 0 Å². The van der Waals surface area contributed by atoms with Crippen LogP contribution in [-0.2, 0) is 18.1 Å². The summed E-state index contributed by atoms with van der Waals surface area (Å²) in [6.07, 6.45) is 12.4. The second-order valence-electron chi connectivity index (χ2n) is 5.71. The molecule has 0 aromatic rings. The summed E-state index contributed by atoms with van der Waals surface area (Å²) in [5, 5.41) is 0. The fourth-order valence-electron chi connectivity index (χ4n) is 2.21. The lowest BCUT2D eigenvalue weighted by atomic mass is 10.1. The molecule has 0 unspecified atom stereocenters. The van der Waals surface area contributed by atoms with E-state index in [1.54, 1.807) is 0 Å². The molecule has 0 spiro atoms. The predicted octanol–water partition coefficient (Wildman–Crippen LogP) is 3.98. The Balaban J connectivity index is 3.56. The fraction of sp³-hybridized carbons (Fsp3) is 1.00. The zero-order valence-corrected chi connectivity index (χ0v) is 15.7. The summed E-state index contributed by atoms with van der Waals surface area (Å²) in [7, 11) is -3.49.